The van der Waals surface area contributed by atoms with Crippen molar-refractivity contribution in [3.05, 3.63) is 54.1 Å². The fraction of sp³-hybridized carbons (Fsp3) is 0.440. The van der Waals surface area contributed by atoms with E-state index in [9.17, 15) is 18.0 Å². The largest absolute Gasteiger partial charge is 0.370 e. The van der Waals surface area contributed by atoms with Crippen LogP contribution in [0.4, 0.5) is 11.4 Å². The van der Waals surface area contributed by atoms with Crippen LogP contribution in [-0.4, -0.2) is 50.7 Å². The molecule has 2 N–H and O–H groups in total. The normalized spacial score (nSPS) is 14.8. The van der Waals surface area contributed by atoms with Crippen LogP contribution < -0.4 is 15.5 Å². The van der Waals surface area contributed by atoms with E-state index in [0.29, 0.717) is 18.8 Å². The molecule has 1 atom stereocenters. The quantitative estimate of drug-likeness (QED) is 0.535. The number of hydrogen-bond acceptors (Lipinski definition) is 5. The predicted octanol–water partition coefficient (Wildman–Crippen LogP) is 3.52. The second kappa shape index (κ2) is 11.5. The molecule has 1 aliphatic heterocycles. The molecule has 1 unspecified atom stereocenters. The average Bonchev–Trinajstić information content (AvgIpc) is 3.34. The van der Waals surface area contributed by atoms with E-state index in [1.165, 1.54) is 11.2 Å². The minimum absolute atomic E-state index is 0.0239. The summed E-state index contributed by atoms with van der Waals surface area (Å²) in [5.74, 6) is -0.535. The van der Waals surface area contributed by atoms with Gasteiger partial charge in [0, 0.05) is 33.1 Å². The second-order valence-corrected chi connectivity index (χ2v) is 10.3. The molecule has 34 heavy (non-hydrogen) atoms. The zero-order chi connectivity index (χ0) is 24.7. The summed E-state index contributed by atoms with van der Waals surface area (Å²) >= 11 is 0. The monoisotopic (exact) mass is 486 g/mol. The highest BCUT2D eigenvalue weighted by Gasteiger charge is 2.25. The molecule has 0 aliphatic carbocycles. The van der Waals surface area contributed by atoms with Crippen molar-refractivity contribution in [3.63, 3.8) is 0 Å². The topological polar surface area (TPSA) is 98.8 Å². The Labute approximate surface area is 202 Å². The molecule has 1 heterocycles. The lowest BCUT2D eigenvalue weighted by atomic mass is 10.0. The molecular formula is C25H34N4O4S. The Morgan fingerprint density at radius 3 is 2.26 bits per heavy atom. The van der Waals surface area contributed by atoms with E-state index in [1.807, 2.05) is 30.3 Å². The Bertz CT molecular complexity index is 1100. The highest BCUT2D eigenvalue weighted by atomic mass is 32.2. The predicted molar refractivity (Wildman–Crippen MR) is 134 cm³/mol. The summed E-state index contributed by atoms with van der Waals surface area (Å²) in [4.78, 5) is 27.2. The molecule has 8 nitrogen and oxygen atoms in total. The van der Waals surface area contributed by atoms with Crippen molar-refractivity contribution in [2.24, 2.45) is 0 Å². The molecule has 9 heteroatoms. The lowest BCUT2D eigenvalue weighted by Gasteiger charge is -2.25. The maximum absolute atomic E-state index is 13.1. The highest BCUT2D eigenvalue weighted by Crippen LogP contribution is 2.33. The zero-order valence-electron chi connectivity index (χ0n) is 20.1. The van der Waals surface area contributed by atoms with Crippen LogP contribution in [0.15, 0.2) is 53.4 Å². The summed E-state index contributed by atoms with van der Waals surface area (Å²) in [7, 11) is -3.68. The Kier molecular flexibility index (Phi) is 8.68. The number of carbonyl (C=O) groups excluding carboxylic acids is 2. The molecule has 1 aliphatic rings. The van der Waals surface area contributed by atoms with Gasteiger partial charge in [-0.2, -0.15) is 4.31 Å². The number of amides is 2. The smallest absolute Gasteiger partial charge is 0.243 e. The van der Waals surface area contributed by atoms with E-state index in [4.69, 9.17) is 0 Å². The first-order valence-electron chi connectivity index (χ1n) is 11.8. The summed E-state index contributed by atoms with van der Waals surface area (Å²) in [6, 6.07) is 13.8. The summed E-state index contributed by atoms with van der Waals surface area (Å²) in [6.45, 7) is 7.45. The van der Waals surface area contributed by atoms with E-state index in [1.54, 1.807) is 32.0 Å². The van der Waals surface area contributed by atoms with Gasteiger partial charge in [0.05, 0.1) is 28.7 Å². The van der Waals surface area contributed by atoms with Gasteiger partial charge in [0.15, 0.2) is 0 Å². The third-order valence-electron chi connectivity index (χ3n) is 6.00. The van der Waals surface area contributed by atoms with Crippen molar-refractivity contribution in [1.82, 2.24) is 9.62 Å². The lowest BCUT2D eigenvalue weighted by molar-refractivity contribution is -0.120. The number of carbonyl (C=O) groups is 2. The second-order valence-electron chi connectivity index (χ2n) is 8.38. The molecule has 0 aromatic heterocycles. The van der Waals surface area contributed by atoms with Crippen molar-refractivity contribution in [1.29, 1.82) is 0 Å². The van der Waals surface area contributed by atoms with E-state index >= 15 is 0 Å². The van der Waals surface area contributed by atoms with Gasteiger partial charge in [0.25, 0.3) is 0 Å². The van der Waals surface area contributed by atoms with Crippen LogP contribution in [0.1, 0.15) is 51.6 Å². The number of nitrogens with one attached hydrogen (secondary N) is 2. The Morgan fingerprint density at radius 1 is 1.03 bits per heavy atom. The molecule has 2 aromatic rings. The zero-order valence-corrected chi connectivity index (χ0v) is 20.9. The molecule has 1 fully saturated rings. The van der Waals surface area contributed by atoms with Crippen LogP contribution in [0.2, 0.25) is 0 Å². The molecule has 0 radical (unpaired) electrons. The number of benzene rings is 2. The van der Waals surface area contributed by atoms with Crippen LogP contribution in [0, 0.1) is 0 Å². The van der Waals surface area contributed by atoms with Crippen LogP contribution >= 0.6 is 0 Å². The maximum Gasteiger partial charge on any atom is 0.243 e. The number of anilines is 2. The number of nitrogens with zero attached hydrogens (tertiary/aromatic N) is 2. The standard InChI is InChI=1S/C25H34N4O4S/c1-4-29(5-2)34(32,33)21-13-14-24(28-15-9-10-16-28)23(17-21)27-25(31)18-22(26-19(3)30)20-11-7-6-8-12-20/h6-8,11-14,17,22H,4-5,9-10,15-16,18H2,1-3H3,(H,26,30)(H,27,31). The van der Waals surface area contributed by atoms with Crippen LogP contribution in [0.5, 0.6) is 0 Å². The van der Waals surface area contributed by atoms with Gasteiger partial charge < -0.3 is 15.5 Å². The molecule has 3 rings (SSSR count). The van der Waals surface area contributed by atoms with Gasteiger partial charge in [-0.05, 0) is 36.6 Å². The van der Waals surface area contributed by atoms with Gasteiger partial charge in [-0.1, -0.05) is 44.2 Å². The van der Waals surface area contributed by atoms with Gasteiger partial charge in [-0.3, -0.25) is 9.59 Å². The Hall–Kier alpha value is -2.91. The third kappa shape index (κ3) is 6.15. The summed E-state index contributed by atoms with van der Waals surface area (Å²) in [5.41, 5.74) is 2.10. The fourth-order valence-electron chi connectivity index (χ4n) is 4.29. The Morgan fingerprint density at radius 2 is 1.68 bits per heavy atom. The average molecular weight is 487 g/mol. The van der Waals surface area contributed by atoms with Gasteiger partial charge in [0.1, 0.15) is 0 Å². The molecule has 1 saturated heterocycles. The van der Waals surface area contributed by atoms with E-state index in [2.05, 4.69) is 15.5 Å². The van der Waals surface area contributed by atoms with Crippen molar-refractivity contribution in [2.45, 2.75) is 51.0 Å². The number of sulfonamides is 1. The molecule has 2 amide bonds. The SMILES string of the molecule is CCN(CC)S(=O)(=O)c1ccc(N2CCCC2)c(NC(=O)CC(NC(C)=O)c2ccccc2)c1. The molecule has 2 aromatic carbocycles. The van der Waals surface area contributed by atoms with Crippen molar-refractivity contribution in [2.75, 3.05) is 36.4 Å². The van der Waals surface area contributed by atoms with Gasteiger partial charge >= 0.3 is 0 Å². The van der Waals surface area contributed by atoms with Gasteiger partial charge in [-0.15, -0.1) is 0 Å². The first kappa shape index (κ1) is 25.7. The van der Waals surface area contributed by atoms with Crippen LogP contribution in [-0.2, 0) is 19.6 Å². The van der Waals surface area contributed by atoms with E-state index in [-0.39, 0.29) is 23.1 Å². The number of rotatable bonds is 10. The fourth-order valence-corrected chi connectivity index (χ4v) is 5.78. The van der Waals surface area contributed by atoms with Gasteiger partial charge in [-0.25, -0.2) is 8.42 Å². The van der Waals surface area contributed by atoms with Crippen LogP contribution in [0.25, 0.3) is 0 Å². The third-order valence-corrected chi connectivity index (χ3v) is 8.05. The summed E-state index contributed by atoms with van der Waals surface area (Å²) in [5, 5.41) is 5.77. The highest BCUT2D eigenvalue weighted by molar-refractivity contribution is 7.89. The molecule has 184 valence electrons. The minimum Gasteiger partial charge on any atom is -0.370 e. The minimum atomic E-state index is -3.68. The summed E-state index contributed by atoms with van der Waals surface area (Å²) in [6.07, 6.45) is 2.12. The molecular weight excluding hydrogens is 452 g/mol. The van der Waals surface area contributed by atoms with Crippen molar-refractivity contribution < 1.29 is 18.0 Å². The van der Waals surface area contributed by atoms with E-state index < -0.39 is 16.1 Å². The summed E-state index contributed by atoms with van der Waals surface area (Å²) < 4.78 is 27.6. The lowest BCUT2D eigenvalue weighted by Crippen LogP contribution is -2.31. The van der Waals surface area contributed by atoms with Crippen molar-refractivity contribution >= 4 is 33.2 Å². The first-order valence-corrected chi connectivity index (χ1v) is 13.2. The van der Waals surface area contributed by atoms with Crippen LogP contribution in [0.3, 0.4) is 0 Å². The van der Waals surface area contributed by atoms with E-state index in [0.717, 1.165) is 37.2 Å². The number of hydrogen-bond donors (Lipinski definition) is 2. The van der Waals surface area contributed by atoms with Crippen molar-refractivity contribution in [3.8, 4) is 0 Å². The molecule has 0 bridgehead atoms. The molecule has 0 saturated carbocycles. The maximum atomic E-state index is 13.1. The molecule has 0 spiro atoms. The van der Waals surface area contributed by atoms with Gasteiger partial charge in [0.2, 0.25) is 21.8 Å². The first-order chi connectivity index (χ1) is 16.3. The Balaban J connectivity index is 1.91.